The van der Waals surface area contributed by atoms with Crippen molar-refractivity contribution in [2.45, 2.75) is 32.4 Å². The van der Waals surface area contributed by atoms with Gasteiger partial charge in [0.1, 0.15) is 5.60 Å². The lowest BCUT2D eigenvalue weighted by Crippen LogP contribution is -2.39. The third-order valence-corrected chi connectivity index (χ3v) is 3.03. The van der Waals surface area contributed by atoms with E-state index in [2.05, 4.69) is 5.32 Å². The molecule has 1 amide bonds. The summed E-state index contributed by atoms with van der Waals surface area (Å²) in [6, 6.07) is -0.482. The lowest BCUT2D eigenvalue weighted by molar-refractivity contribution is 0.0519. The summed E-state index contributed by atoms with van der Waals surface area (Å²) in [6.45, 7) is 5.23. The van der Waals surface area contributed by atoms with Crippen molar-refractivity contribution in [3.05, 3.63) is 11.5 Å². The van der Waals surface area contributed by atoms with E-state index >= 15 is 0 Å². The van der Waals surface area contributed by atoms with Crippen LogP contribution in [0.2, 0.25) is 0 Å². The van der Waals surface area contributed by atoms with Crippen LogP contribution in [-0.2, 0) is 14.6 Å². The predicted octanol–water partition coefficient (Wildman–Crippen LogP) is 0.822. The topological polar surface area (TPSA) is 72.5 Å². The first-order valence-corrected chi connectivity index (χ1v) is 6.30. The minimum absolute atomic E-state index is 0.0910. The molecule has 1 heterocycles. The zero-order valence-corrected chi connectivity index (χ0v) is 9.80. The second-order valence-electron chi connectivity index (χ2n) is 4.41. The van der Waals surface area contributed by atoms with Gasteiger partial charge in [0, 0.05) is 5.41 Å². The third-order valence-electron chi connectivity index (χ3n) is 1.63. The van der Waals surface area contributed by atoms with Crippen molar-refractivity contribution in [3.8, 4) is 0 Å². The highest BCUT2D eigenvalue weighted by atomic mass is 32.2. The molecule has 6 heteroatoms. The van der Waals surface area contributed by atoms with Gasteiger partial charge in [-0.1, -0.05) is 0 Å². The Bertz CT molecular complexity index is 377. The Labute approximate surface area is 89.4 Å². The third kappa shape index (κ3) is 4.33. The van der Waals surface area contributed by atoms with Gasteiger partial charge in [-0.25, -0.2) is 13.2 Å². The summed E-state index contributed by atoms with van der Waals surface area (Å²) in [7, 11) is -3.14. The van der Waals surface area contributed by atoms with Crippen LogP contribution in [0.1, 0.15) is 20.8 Å². The van der Waals surface area contributed by atoms with Gasteiger partial charge in [-0.2, -0.15) is 0 Å². The van der Waals surface area contributed by atoms with Gasteiger partial charge in [0.05, 0.1) is 11.8 Å². The molecule has 0 radical (unpaired) electrons. The van der Waals surface area contributed by atoms with Crippen molar-refractivity contribution in [1.29, 1.82) is 0 Å². The molecule has 1 aliphatic heterocycles. The monoisotopic (exact) mass is 233 g/mol. The number of carbonyl (C=O) groups is 1. The molecular weight excluding hydrogens is 218 g/mol. The Morgan fingerprint density at radius 1 is 1.47 bits per heavy atom. The number of rotatable bonds is 1. The first-order chi connectivity index (χ1) is 6.68. The van der Waals surface area contributed by atoms with Crippen molar-refractivity contribution in [1.82, 2.24) is 5.32 Å². The van der Waals surface area contributed by atoms with Crippen molar-refractivity contribution < 1.29 is 17.9 Å². The fourth-order valence-electron chi connectivity index (χ4n) is 1.12. The molecule has 0 aromatic rings. The maximum atomic E-state index is 11.3. The minimum Gasteiger partial charge on any atom is -0.444 e. The fraction of sp³-hybridized carbons (Fsp3) is 0.667. The van der Waals surface area contributed by atoms with Crippen LogP contribution in [0, 0.1) is 0 Å². The Kier molecular flexibility index (Phi) is 3.08. The molecule has 1 aliphatic rings. The first-order valence-electron chi connectivity index (χ1n) is 4.58. The van der Waals surface area contributed by atoms with Crippen molar-refractivity contribution in [2.24, 2.45) is 0 Å². The maximum Gasteiger partial charge on any atom is 0.408 e. The number of ether oxygens (including phenoxy) is 1. The molecule has 0 aromatic heterocycles. The maximum absolute atomic E-state index is 11.3. The Morgan fingerprint density at radius 2 is 2.07 bits per heavy atom. The van der Waals surface area contributed by atoms with E-state index in [1.54, 1.807) is 20.8 Å². The Morgan fingerprint density at radius 3 is 2.47 bits per heavy atom. The summed E-state index contributed by atoms with van der Waals surface area (Å²) in [5.41, 5.74) is -0.578. The van der Waals surface area contributed by atoms with Gasteiger partial charge >= 0.3 is 6.09 Å². The van der Waals surface area contributed by atoms with E-state index < -0.39 is 27.6 Å². The molecule has 0 unspecified atom stereocenters. The summed E-state index contributed by atoms with van der Waals surface area (Å²) in [6.07, 6.45) is 0.841. The van der Waals surface area contributed by atoms with Crippen molar-refractivity contribution >= 4 is 15.9 Å². The van der Waals surface area contributed by atoms with E-state index in [4.69, 9.17) is 4.74 Å². The summed E-state index contributed by atoms with van der Waals surface area (Å²) < 4.78 is 27.0. The van der Waals surface area contributed by atoms with Crippen LogP contribution in [0.5, 0.6) is 0 Å². The summed E-state index contributed by atoms with van der Waals surface area (Å²) >= 11 is 0. The summed E-state index contributed by atoms with van der Waals surface area (Å²) in [4.78, 5) is 11.3. The predicted molar refractivity (Wildman–Crippen MR) is 56.1 cm³/mol. The van der Waals surface area contributed by atoms with Gasteiger partial charge in [-0.15, -0.1) is 0 Å². The molecule has 1 atom stereocenters. The van der Waals surface area contributed by atoms with Crippen LogP contribution in [-0.4, -0.2) is 31.9 Å². The molecule has 0 saturated heterocycles. The number of alkyl carbamates (subject to hydrolysis) is 1. The second kappa shape index (κ2) is 3.84. The average molecular weight is 233 g/mol. The van der Waals surface area contributed by atoms with Gasteiger partial charge in [-0.05, 0) is 26.8 Å². The highest BCUT2D eigenvalue weighted by Gasteiger charge is 2.25. The van der Waals surface area contributed by atoms with E-state index in [9.17, 15) is 13.2 Å². The largest absolute Gasteiger partial charge is 0.444 e. The zero-order chi connectivity index (χ0) is 11.7. The van der Waals surface area contributed by atoms with E-state index in [-0.39, 0.29) is 5.75 Å². The van der Waals surface area contributed by atoms with Gasteiger partial charge in [-0.3, -0.25) is 0 Å². The van der Waals surface area contributed by atoms with Crippen LogP contribution < -0.4 is 5.32 Å². The Balaban J connectivity index is 2.45. The highest BCUT2D eigenvalue weighted by molar-refractivity contribution is 7.94. The van der Waals surface area contributed by atoms with Crippen molar-refractivity contribution in [2.75, 3.05) is 5.75 Å². The quantitative estimate of drug-likeness (QED) is 0.727. The second-order valence-corrected chi connectivity index (χ2v) is 6.34. The molecule has 0 bridgehead atoms. The van der Waals surface area contributed by atoms with Crippen LogP contribution in [0.15, 0.2) is 11.5 Å². The minimum atomic E-state index is -3.14. The summed E-state index contributed by atoms with van der Waals surface area (Å²) in [5, 5.41) is 3.57. The number of amides is 1. The van der Waals surface area contributed by atoms with E-state index in [1.807, 2.05) is 0 Å². The number of sulfone groups is 1. The van der Waals surface area contributed by atoms with Crippen molar-refractivity contribution in [3.63, 3.8) is 0 Å². The standard InChI is InChI=1S/C9H15NO4S/c1-9(2,3)14-8(11)10-7-4-5-15(12,13)6-7/h4-5,7H,6H2,1-3H3,(H,10,11)/t7-/m0/s1. The van der Waals surface area contributed by atoms with Crippen LogP contribution in [0.4, 0.5) is 4.79 Å². The van der Waals surface area contributed by atoms with Gasteiger partial charge in [0.25, 0.3) is 0 Å². The lowest BCUT2D eigenvalue weighted by atomic mass is 10.2. The van der Waals surface area contributed by atoms with E-state index in [0.29, 0.717) is 0 Å². The average Bonchev–Trinajstić information content (AvgIpc) is 2.25. The fourth-order valence-corrected chi connectivity index (χ4v) is 2.36. The van der Waals surface area contributed by atoms with Crippen LogP contribution in [0.3, 0.4) is 0 Å². The van der Waals surface area contributed by atoms with Crippen LogP contribution >= 0.6 is 0 Å². The number of hydrogen-bond donors (Lipinski definition) is 1. The molecule has 0 saturated carbocycles. The molecule has 15 heavy (non-hydrogen) atoms. The van der Waals surface area contributed by atoms with Gasteiger partial charge < -0.3 is 10.1 Å². The van der Waals surface area contributed by atoms with E-state index in [0.717, 1.165) is 5.41 Å². The molecule has 0 aromatic carbocycles. The number of hydrogen-bond acceptors (Lipinski definition) is 4. The zero-order valence-electron chi connectivity index (χ0n) is 8.98. The molecular formula is C9H15NO4S. The van der Waals surface area contributed by atoms with Gasteiger partial charge in [0.15, 0.2) is 9.84 Å². The highest BCUT2D eigenvalue weighted by Crippen LogP contribution is 2.10. The van der Waals surface area contributed by atoms with Crippen LogP contribution in [0.25, 0.3) is 0 Å². The van der Waals surface area contributed by atoms with Gasteiger partial charge in [0.2, 0.25) is 0 Å². The normalized spacial score (nSPS) is 23.8. The molecule has 86 valence electrons. The SMILES string of the molecule is CC(C)(C)OC(=O)N[C@H]1C=CS(=O)(=O)C1. The molecule has 0 spiro atoms. The number of carbonyl (C=O) groups excluding carboxylic acids is 1. The van der Waals surface area contributed by atoms with E-state index in [1.165, 1.54) is 6.08 Å². The molecule has 1 rings (SSSR count). The lowest BCUT2D eigenvalue weighted by Gasteiger charge is -2.20. The summed E-state index contributed by atoms with van der Waals surface area (Å²) in [5.74, 6) is -0.0910. The number of nitrogens with one attached hydrogen (secondary N) is 1. The first kappa shape index (κ1) is 12.0. The Hall–Kier alpha value is -1.04. The molecule has 0 fully saturated rings. The smallest absolute Gasteiger partial charge is 0.408 e. The molecule has 0 aliphatic carbocycles. The molecule has 1 N–H and O–H groups in total. The molecule has 5 nitrogen and oxygen atoms in total.